The molecule has 3 rings (SSSR count). The first kappa shape index (κ1) is 14.5. The molecule has 0 spiro atoms. The van der Waals surface area contributed by atoms with Crippen LogP contribution in [0.15, 0.2) is 42.5 Å². The third-order valence-electron chi connectivity index (χ3n) is 3.32. The second kappa shape index (κ2) is 5.73. The number of anilines is 1. The van der Waals surface area contributed by atoms with Crippen molar-refractivity contribution in [2.24, 2.45) is 0 Å². The van der Waals surface area contributed by atoms with E-state index in [1.165, 1.54) is 0 Å². The fourth-order valence-corrected chi connectivity index (χ4v) is 2.37. The second-order valence-electron chi connectivity index (χ2n) is 4.90. The number of aryl methyl sites for hydroxylation is 1. The third-order valence-corrected chi connectivity index (χ3v) is 3.57. The molecule has 4 nitrogen and oxygen atoms in total. The van der Waals surface area contributed by atoms with Crippen LogP contribution in [0, 0.1) is 6.92 Å². The molecule has 22 heavy (non-hydrogen) atoms. The Morgan fingerprint density at radius 2 is 1.82 bits per heavy atom. The lowest BCUT2D eigenvalue weighted by Crippen LogP contribution is -1.97. The SMILES string of the molecule is COc1cc(N)c2nc(C)ccc2c1Oc1ccc(Cl)cc1. The fourth-order valence-electron chi connectivity index (χ4n) is 2.25. The monoisotopic (exact) mass is 314 g/mol. The zero-order valence-electron chi connectivity index (χ0n) is 12.3. The number of nitrogens with two attached hydrogens (primary N) is 1. The van der Waals surface area contributed by atoms with Gasteiger partial charge in [-0.2, -0.15) is 0 Å². The van der Waals surface area contributed by atoms with E-state index in [9.17, 15) is 0 Å². The Labute approximate surface area is 133 Å². The lowest BCUT2D eigenvalue weighted by Gasteiger charge is -2.14. The van der Waals surface area contributed by atoms with Crippen LogP contribution in [0.2, 0.25) is 5.02 Å². The number of rotatable bonds is 3. The third kappa shape index (κ3) is 2.65. The van der Waals surface area contributed by atoms with Gasteiger partial charge >= 0.3 is 0 Å². The Morgan fingerprint density at radius 3 is 2.50 bits per heavy atom. The minimum atomic E-state index is 0.555. The summed E-state index contributed by atoms with van der Waals surface area (Å²) in [5.41, 5.74) is 8.21. The zero-order chi connectivity index (χ0) is 15.7. The normalized spacial score (nSPS) is 10.7. The van der Waals surface area contributed by atoms with Gasteiger partial charge in [-0.3, -0.25) is 4.98 Å². The van der Waals surface area contributed by atoms with Crippen LogP contribution in [0.3, 0.4) is 0 Å². The predicted octanol–water partition coefficient (Wildman–Crippen LogP) is 4.58. The molecule has 0 aliphatic rings. The number of nitrogen functional groups attached to an aromatic ring is 1. The van der Waals surface area contributed by atoms with Gasteiger partial charge in [0.15, 0.2) is 11.5 Å². The lowest BCUT2D eigenvalue weighted by atomic mass is 10.1. The van der Waals surface area contributed by atoms with Crippen LogP contribution >= 0.6 is 11.6 Å². The molecule has 1 heterocycles. The van der Waals surface area contributed by atoms with E-state index in [1.54, 1.807) is 37.4 Å². The molecule has 0 saturated heterocycles. The van der Waals surface area contributed by atoms with Crippen molar-refractivity contribution in [3.05, 3.63) is 53.2 Å². The predicted molar refractivity (Wildman–Crippen MR) is 89.0 cm³/mol. The first-order chi connectivity index (χ1) is 10.6. The molecule has 1 aromatic heterocycles. The number of aromatic nitrogens is 1. The number of benzene rings is 2. The van der Waals surface area contributed by atoms with Crippen LogP contribution < -0.4 is 15.2 Å². The summed E-state index contributed by atoms with van der Waals surface area (Å²) in [4.78, 5) is 4.49. The largest absolute Gasteiger partial charge is 0.493 e. The van der Waals surface area contributed by atoms with Crippen molar-refractivity contribution in [2.45, 2.75) is 6.92 Å². The van der Waals surface area contributed by atoms with Crippen molar-refractivity contribution in [1.29, 1.82) is 0 Å². The summed E-state index contributed by atoms with van der Waals surface area (Å²) in [7, 11) is 1.58. The van der Waals surface area contributed by atoms with Crippen molar-refractivity contribution in [2.75, 3.05) is 12.8 Å². The van der Waals surface area contributed by atoms with E-state index in [0.717, 1.165) is 11.1 Å². The molecular formula is C17H15ClN2O2. The molecule has 2 aromatic carbocycles. The van der Waals surface area contributed by atoms with E-state index >= 15 is 0 Å². The Bertz CT molecular complexity index is 832. The van der Waals surface area contributed by atoms with Gasteiger partial charge in [-0.1, -0.05) is 11.6 Å². The highest BCUT2D eigenvalue weighted by Gasteiger charge is 2.15. The maximum atomic E-state index is 6.07. The number of nitrogens with zero attached hydrogens (tertiary/aromatic N) is 1. The molecule has 0 aliphatic heterocycles. The first-order valence-electron chi connectivity index (χ1n) is 6.75. The average Bonchev–Trinajstić information content (AvgIpc) is 2.52. The number of methoxy groups -OCH3 is 1. The molecule has 5 heteroatoms. The van der Waals surface area contributed by atoms with Crippen molar-refractivity contribution >= 4 is 28.2 Å². The highest BCUT2D eigenvalue weighted by Crippen LogP contribution is 2.41. The number of hydrogen-bond donors (Lipinski definition) is 1. The Kier molecular flexibility index (Phi) is 3.77. The summed E-state index contributed by atoms with van der Waals surface area (Å²) in [6, 6.07) is 12.7. The number of hydrogen-bond acceptors (Lipinski definition) is 4. The zero-order valence-corrected chi connectivity index (χ0v) is 13.0. The molecule has 2 N–H and O–H groups in total. The van der Waals surface area contributed by atoms with Gasteiger partial charge in [0.05, 0.1) is 18.3 Å². The van der Waals surface area contributed by atoms with Gasteiger partial charge in [-0.05, 0) is 43.3 Å². The Hall–Kier alpha value is -2.46. The lowest BCUT2D eigenvalue weighted by molar-refractivity contribution is 0.381. The minimum absolute atomic E-state index is 0.555. The van der Waals surface area contributed by atoms with Crippen molar-refractivity contribution in [1.82, 2.24) is 4.98 Å². The van der Waals surface area contributed by atoms with Crippen molar-refractivity contribution < 1.29 is 9.47 Å². The average molecular weight is 315 g/mol. The van der Waals surface area contributed by atoms with E-state index in [1.807, 2.05) is 19.1 Å². The molecule has 0 unspecified atom stereocenters. The van der Waals surface area contributed by atoms with Gasteiger partial charge < -0.3 is 15.2 Å². The van der Waals surface area contributed by atoms with Gasteiger partial charge in [0.25, 0.3) is 0 Å². The molecule has 0 aliphatic carbocycles. The van der Waals surface area contributed by atoms with Crippen LogP contribution in [0.5, 0.6) is 17.2 Å². The minimum Gasteiger partial charge on any atom is -0.493 e. The van der Waals surface area contributed by atoms with E-state index in [-0.39, 0.29) is 0 Å². The van der Waals surface area contributed by atoms with Gasteiger partial charge in [0.1, 0.15) is 5.75 Å². The van der Waals surface area contributed by atoms with Crippen molar-refractivity contribution in [3.63, 3.8) is 0 Å². The molecule has 0 saturated carbocycles. The van der Waals surface area contributed by atoms with Crippen LogP contribution in [-0.4, -0.2) is 12.1 Å². The second-order valence-corrected chi connectivity index (χ2v) is 5.34. The number of pyridine rings is 1. The molecule has 0 fully saturated rings. The maximum absolute atomic E-state index is 6.07. The Balaban J connectivity index is 2.18. The molecule has 112 valence electrons. The van der Waals surface area contributed by atoms with E-state index in [2.05, 4.69) is 4.98 Å². The van der Waals surface area contributed by atoms with E-state index in [4.69, 9.17) is 26.8 Å². The van der Waals surface area contributed by atoms with Crippen LogP contribution in [0.1, 0.15) is 5.69 Å². The molecule has 0 bridgehead atoms. The highest BCUT2D eigenvalue weighted by molar-refractivity contribution is 6.30. The smallest absolute Gasteiger partial charge is 0.178 e. The molecule has 0 amide bonds. The summed E-state index contributed by atoms with van der Waals surface area (Å²) < 4.78 is 11.4. The topological polar surface area (TPSA) is 57.4 Å². The van der Waals surface area contributed by atoms with Crippen LogP contribution in [0.25, 0.3) is 10.9 Å². The standard InChI is InChI=1S/C17H15ClN2O2/c1-10-3-8-13-16(20-10)14(19)9-15(21-2)17(13)22-12-6-4-11(18)5-7-12/h3-9H,19H2,1-2H3. The molecule has 3 aromatic rings. The summed E-state index contributed by atoms with van der Waals surface area (Å²) in [6.45, 7) is 1.92. The fraction of sp³-hybridized carbons (Fsp3) is 0.118. The van der Waals surface area contributed by atoms with E-state index in [0.29, 0.717) is 33.5 Å². The number of fused-ring (bicyclic) bond motifs is 1. The summed E-state index contributed by atoms with van der Waals surface area (Å²) in [5.74, 6) is 1.81. The highest BCUT2D eigenvalue weighted by atomic mass is 35.5. The molecular weight excluding hydrogens is 300 g/mol. The van der Waals surface area contributed by atoms with Gasteiger partial charge in [0.2, 0.25) is 0 Å². The van der Waals surface area contributed by atoms with E-state index < -0.39 is 0 Å². The van der Waals surface area contributed by atoms with Crippen LogP contribution in [-0.2, 0) is 0 Å². The number of ether oxygens (including phenoxy) is 2. The summed E-state index contributed by atoms with van der Waals surface area (Å²) >= 11 is 5.90. The van der Waals surface area contributed by atoms with Crippen LogP contribution in [0.4, 0.5) is 5.69 Å². The first-order valence-corrected chi connectivity index (χ1v) is 7.13. The molecule has 0 radical (unpaired) electrons. The van der Waals surface area contributed by atoms with Gasteiger partial charge in [-0.15, -0.1) is 0 Å². The Morgan fingerprint density at radius 1 is 1.09 bits per heavy atom. The van der Waals surface area contributed by atoms with Gasteiger partial charge in [-0.25, -0.2) is 0 Å². The summed E-state index contributed by atoms with van der Waals surface area (Å²) in [6.07, 6.45) is 0. The van der Waals surface area contributed by atoms with Crippen molar-refractivity contribution in [3.8, 4) is 17.2 Å². The number of halogens is 1. The van der Waals surface area contributed by atoms with Gasteiger partial charge in [0, 0.05) is 22.2 Å². The summed E-state index contributed by atoms with van der Waals surface area (Å²) in [5, 5.41) is 1.45. The maximum Gasteiger partial charge on any atom is 0.178 e. The molecule has 0 atom stereocenters. The quantitative estimate of drug-likeness (QED) is 0.719.